The monoisotopic (exact) mass is 305 g/mol. The molecule has 5 heteroatoms. The van der Waals surface area contributed by atoms with Crippen LogP contribution in [-0.2, 0) is 6.42 Å². The van der Waals surface area contributed by atoms with Crippen LogP contribution in [0.5, 0.6) is 0 Å². The van der Waals surface area contributed by atoms with E-state index in [1.165, 1.54) is 0 Å². The van der Waals surface area contributed by atoms with E-state index in [-0.39, 0.29) is 5.91 Å². The van der Waals surface area contributed by atoms with Gasteiger partial charge < -0.3 is 5.32 Å². The largest absolute Gasteiger partial charge is 0.352 e. The number of aromatic nitrogens is 2. The van der Waals surface area contributed by atoms with Crippen LogP contribution < -0.4 is 5.32 Å². The number of pyridine rings is 2. The van der Waals surface area contributed by atoms with Gasteiger partial charge in [-0.3, -0.25) is 9.78 Å². The van der Waals surface area contributed by atoms with Crippen molar-refractivity contribution in [2.24, 2.45) is 0 Å². The Hall–Kier alpha value is -1.75. The van der Waals surface area contributed by atoms with Crippen LogP contribution in [0.3, 0.4) is 0 Å². The van der Waals surface area contributed by atoms with Gasteiger partial charge in [-0.25, -0.2) is 4.98 Å². The molecule has 0 saturated heterocycles. The molecule has 2 aromatic heterocycles. The maximum absolute atomic E-state index is 11.8. The molecule has 1 N–H and O–H groups in total. The summed E-state index contributed by atoms with van der Waals surface area (Å²) in [6.45, 7) is 0.588. The van der Waals surface area contributed by atoms with Gasteiger partial charge in [-0.1, -0.05) is 6.07 Å². The average Bonchev–Trinajstić information content (AvgIpc) is 2.40. The normalized spacial score (nSPS) is 10.1. The first-order chi connectivity index (χ1) is 8.75. The van der Waals surface area contributed by atoms with Gasteiger partial charge in [0.15, 0.2) is 0 Å². The maximum Gasteiger partial charge on any atom is 0.251 e. The summed E-state index contributed by atoms with van der Waals surface area (Å²) in [5.41, 5.74) is 1.71. The summed E-state index contributed by atoms with van der Waals surface area (Å²) in [5, 5.41) is 2.86. The molecule has 0 fully saturated rings. The molecule has 0 bridgehead atoms. The number of nitrogens with one attached hydrogen (secondary N) is 1. The van der Waals surface area contributed by atoms with E-state index >= 15 is 0 Å². The topological polar surface area (TPSA) is 54.9 Å². The lowest BCUT2D eigenvalue weighted by Crippen LogP contribution is -2.25. The lowest BCUT2D eigenvalue weighted by atomic mass is 10.2. The molecule has 0 aliphatic heterocycles. The standard InChI is InChI=1S/C13H12BrN3O/c14-12-8-11(4-7-16-12)13(18)17-6-3-10-2-1-5-15-9-10/h1-2,4-5,7-9H,3,6H2,(H,17,18). The number of amides is 1. The van der Waals surface area contributed by atoms with E-state index in [1.54, 1.807) is 30.7 Å². The zero-order valence-corrected chi connectivity index (χ0v) is 11.2. The van der Waals surface area contributed by atoms with Crippen molar-refractivity contribution in [3.63, 3.8) is 0 Å². The fraction of sp³-hybridized carbons (Fsp3) is 0.154. The molecule has 2 heterocycles. The van der Waals surface area contributed by atoms with Gasteiger partial charge in [0.2, 0.25) is 0 Å². The molecule has 0 spiro atoms. The highest BCUT2D eigenvalue weighted by Crippen LogP contribution is 2.07. The summed E-state index contributed by atoms with van der Waals surface area (Å²) in [4.78, 5) is 19.8. The quantitative estimate of drug-likeness (QED) is 0.881. The van der Waals surface area contributed by atoms with E-state index in [0.29, 0.717) is 16.7 Å². The van der Waals surface area contributed by atoms with Gasteiger partial charge in [-0.2, -0.15) is 0 Å². The van der Waals surface area contributed by atoms with Crippen LogP contribution in [0.25, 0.3) is 0 Å². The van der Waals surface area contributed by atoms with E-state index in [4.69, 9.17) is 0 Å². The molecule has 0 saturated carbocycles. The molecule has 0 atom stereocenters. The van der Waals surface area contributed by atoms with Crippen molar-refractivity contribution in [2.45, 2.75) is 6.42 Å². The zero-order chi connectivity index (χ0) is 12.8. The van der Waals surface area contributed by atoms with Crippen LogP contribution in [-0.4, -0.2) is 22.4 Å². The van der Waals surface area contributed by atoms with Gasteiger partial charge in [-0.05, 0) is 46.1 Å². The van der Waals surface area contributed by atoms with Gasteiger partial charge in [-0.15, -0.1) is 0 Å². The number of carbonyl (C=O) groups excluding carboxylic acids is 1. The molecule has 0 aliphatic carbocycles. The summed E-state index contributed by atoms with van der Waals surface area (Å²) < 4.78 is 0.655. The highest BCUT2D eigenvalue weighted by molar-refractivity contribution is 9.10. The number of nitrogens with zero attached hydrogens (tertiary/aromatic N) is 2. The van der Waals surface area contributed by atoms with E-state index in [9.17, 15) is 4.79 Å². The third-order valence-electron chi connectivity index (χ3n) is 2.41. The van der Waals surface area contributed by atoms with Crippen LogP contribution in [0.1, 0.15) is 15.9 Å². The Morgan fingerprint density at radius 3 is 2.94 bits per heavy atom. The molecule has 0 aliphatic rings. The molecule has 0 aromatic carbocycles. The van der Waals surface area contributed by atoms with Crippen molar-refractivity contribution in [3.05, 3.63) is 58.6 Å². The summed E-state index contributed by atoms with van der Waals surface area (Å²) in [7, 11) is 0. The van der Waals surface area contributed by atoms with Crippen molar-refractivity contribution in [2.75, 3.05) is 6.54 Å². The highest BCUT2D eigenvalue weighted by atomic mass is 79.9. The van der Waals surface area contributed by atoms with Crippen molar-refractivity contribution in [1.29, 1.82) is 0 Å². The van der Waals surface area contributed by atoms with Crippen molar-refractivity contribution in [1.82, 2.24) is 15.3 Å². The smallest absolute Gasteiger partial charge is 0.251 e. The first-order valence-electron chi connectivity index (χ1n) is 5.54. The highest BCUT2D eigenvalue weighted by Gasteiger charge is 2.05. The van der Waals surface area contributed by atoms with Crippen molar-refractivity contribution >= 4 is 21.8 Å². The summed E-state index contributed by atoms with van der Waals surface area (Å²) in [6.07, 6.45) is 5.90. The molecule has 2 aromatic rings. The molecule has 2 rings (SSSR count). The zero-order valence-electron chi connectivity index (χ0n) is 9.64. The van der Waals surface area contributed by atoms with Crippen LogP contribution >= 0.6 is 15.9 Å². The predicted molar refractivity (Wildman–Crippen MR) is 72.2 cm³/mol. The van der Waals surface area contributed by atoms with Crippen molar-refractivity contribution in [3.8, 4) is 0 Å². The van der Waals surface area contributed by atoms with E-state index in [2.05, 4.69) is 31.2 Å². The number of hydrogen-bond donors (Lipinski definition) is 1. The van der Waals surface area contributed by atoms with Gasteiger partial charge in [0.05, 0.1) is 0 Å². The third-order valence-corrected chi connectivity index (χ3v) is 2.84. The first-order valence-corrected chi connectivity index (χ1v) is 6.33. The minimum atomic E-state index is -0.0954. The van der Waals surface area contributed by atoms with Crippen molar-refractivity contribution < 1.29 is 4.79 Å². The van der Waals surface area contributed by atoms with Gasteiger partial charge in [0.1, 0.15) is 4.60 Å². The van der Waals surface area contributed by atoms with Gasteiger partial charge >= 0.3 is 0 Å². The fourth-order valence-electron chi connectivity index (χ4n) is 1.51. The molecular weight excluding hydrogens is 294 g/mol. The molecular formula is C13H12BrN3O. The van der Waals surface area contributed by atoms with Crippen LogP contribution in [0, 0.1) is 0 Å². The Bertz CT molecular complexity index is 531. The Morgan fingerprint density at radius 1 is 1.33 bits per heavy atom. The molecule has 4 nitrogen and oxygen atoms in total. The number of hydrogen-bond acceptors (Lipinski definition) is 3. The first kappa shape index (κ1) is 12.7. The second kappa shape index (κ2) is 6.26. The lowest BCUT2D eigenvalue weighted by molar-refractivity contribution is 0.0954. The van der Waals surface area contributed by atoms with Gasteiger partial charge in [0.25, 0.3) is 5.91 Å². The fourth-order valence-corrected chi connectivity index (χ4v) is 1.88. The minimum absolute atomic E-state index is 0.0954. The molecule has 1 amide bonds. The third kappa shape index (κ3) is 3.63. The lowest BCUT2D eigenvalue weighted by Gasteiger charge is -2.05. The summed E-state index contributed by atoms with van der Waals surface area (Å²) >= 11 is 3.24. The second-order valence-corrected chi connectivity index (χ2v) is 4.55. The van der Waals surface area contributed by atoms with Crippen LogP contribution in [0.15, 0.2) is 47.5 Å². The number of carbonyl (C=O) groups is 1. The Balaban J connectivity index is 1.86. The SMILES string of the molecule is O=C(NCCc1cccnc1)c1ccnc(Br)c1. The summed E-state index contributed by atoms with van der Waals surface area (Å²) in [5.74, 6) is -0.0954. The number of rotatable bonds is 4. The maximum atomic E-state index is 11.8. The van der Waals surface area contributed by atoms with E-state index in [0.717, 1.165) is 12.0 Å². The predicted octanol–water partition coefficient (Wildman–Crippen LogP) is 2.21. The summed E-state index contributed by atoms with van der Waals surface area (Å²) in [6, 6.07) is 7.25. The Morgan fingerprint density at radius 2 is 2.22 bits per heavy atom. The molecule has 0 unspecified atom stereocenters. The van der Waals surface area contributed by atoms with E-state index < -0.39 is 0 Å². The van der Waals surface area contributed by atoms with Crippen LogP contribution in [0.2, 0.25) is 0 Å². The van der Waals surface area contributed by atoms with Crippen LogP contribution in [0.4, 0.5) is 0 Å². The molecule has 18 heavy (non-hydrogen) atoms. The second-order valence-electron chi connectivity index (χ2n) is 3.73. The minimum Gasteiger partial charge on any atom is -0.352 e. The van der Waals surface area contributed by atoms with Gasteiger partial charge in [0, 0.05) is 30.7 Å². The molecule has 92 valence electrons. The number of halogens is 1. The van der Waals surface area contributed by atoms with E-state index in [1.807, 2.05) is 12.1 Å². The molecule has 0 radical (unpaired) electrons. The average molecular weight is 306 g/mol. The Labute approximate surface area is 114 Å². The Kier molecular flexibility index (Phi) is 4.41.